The van der Waals surface area contributed by atoms with Gasteiger partial charge in [-0.3, -0.25) is 0 Å². The molecule has 2 rings (SSSR count). The molecule has 1 aliphatic heterocycles. The molecule has 1 aliphatic rings. The third-order valence-electron chi connectivity index (χ3n) is 3.52. The second-order valence-electron chi connectivity index (χ2n) is 5.13. The second-order valence-corrected chi connectivity index (χ2v) is 5.13. The van der Waals surface area contributed by atoms with E-state index in [4.69, 9.17) is 4.74 Å². The normalized spacial score (nSPS) is 16.9. The SMILES string of the molecule is CCNc1nc(NCC2CCN(C)CC2)nc(OC)n1. The monoisotopic (exact) mass is 280 g/mol. The maximum absolute atomic E-state index is 5.10. The molecular weight excluding hydrogens is 256 g/mol. The maximum atomic E-state index is 5.10. The van der Waals surface area contributed by atoms with Crippen molar-refractivity contribution in [3.63, 3.8) is 0 Å². The molecule has 20 heavy (non-hydrogen) atoms. The largest absolute Gasteiger partial charge is 0.467 e. The molecule has 7 nitrogen and oxygen atoms in total. The fraction of sp³-hybridized carbons (Fsp3) is 0.769. The topological polar surface area (TPSA) is 75.2 Å². The zero-order valence-corrected chi connectivity index (χ0v) is 12.5. The van der Waals surface area contributed by atoms with E-state index in [2.05, 4.69) is 37.5 Å². The Morgan fingerprint density at radius 1 is 1.15 bits per heavy atom. The van der Waals surface area contributed by atoms with Gasteiger partial charge in [-0.25, -0.2) is 0 Å². The molecule has 0 aromatic carbocycles. The second kappa shape index (κ2) is 7.23. The van der Waals surface area contributed by atoms with Crippen molar-refractivity contribution in [1.82, 2.24) is 19.9 Å². The van der Waals surface area contributed by atoms with Crippen LogP contribution in [0.5, 0.6) is 6.01 Å². The molecule has 0 radical (unpaired) electrons. The molecule has 2 N–H and O–H groups in total. The summed E-state index contributed by atoms with van der Waals surface area (Å²) in [6, 6.07) is 0.335. The molecule has 1 saturated heterocycles. The average Bonchev–Trinajstić information content (AvgIpc) is 2.47. The van der Waals surface area contributed by atoms with Crippen molar-refractivity contribution in [1.29, 1.82) is 0 Å². The number of anilines is 2. The number of hydrogen-bond acceptors (Lipinski definition) is 7. The van der Waals surface area contributed by atoms with Crippen LogP contribution in [0.2, 0.25) is 0 Å². The van der Waals surface area contributed by atoms with E-state index in [9.17, 15) is 0 Å². The van der Waals surface area contributed by atoms with Gasteiger partial charge in [-0.05, 0) is 45.8 Å². The minimum atomic E-state index is 0.335. The highest BCUT2D eigenvalue weighted by Crippen LogP contribution is 2.17. The molecule has 112 valence electrons. The number of aromatic nitrogens is 3. The first kappa shape index (κ1) is 14.8. The van der Waals surface area contributed by atoms with Gasteiger partial charge in [0.25, 0.3) is 0 Å². The first-order chi connectivity index (χ1) is 9.71. The number of ether oxygens (including phenoxy) is 1. The van der Waals surface area contributed by atoms with Crippen LogP contribution in [-0.4, -0.2) is 60.2 Å². The van der Waals surface area contributed by atoms with Gasteiger partial charge in [0.1, 0.15) is 0 Å². The standard InChI is InChI=1S/C13H24N6O/c1-4-14-11-16-12(18-13(17-11)20-3)15-9-10-5-7-19(2)8-6-10/h10H,4-9H2,1-3H3,(H2,14,15,16,17,18). The first-order valence-corrected chi connectivity index (χ1v) is 7.17. The summed E-state index contributed by atoms with van der Waals surface area (Å²) in [7, 11) is 3.73. The van der Waals surface area contributed by atoms with Gasteiger partial charge in [-0.15, -0.1) is 0 Å². The van der Waals surface area contributed by atoms with E-state index < -0.39 is 0 Å². The van der Waals surface area contributed by atoms with Crippen LogP contribution in [0.1, 0.15) is 19.8 Å². The molecule has 0 unspecified atom stereocenters. The van der Waals surface area contributed by atoms with Crippen LogP contribution in [-0.2, 0) is 0 Å². The van der Waals surface area contributed by atoms with E-state index in [-0.39, 0.29) is 0 Å². The number of likely N-dealkylation sites (tertiary alicyclic amines) is 1. The van der Waals surface area contributed by atoms with Crippen molar-refractivity contribution in [3.05, 3.63) is 0 Å². The zero-order chi connectivity index (χ0) is 14.4. The number of nitrogens with one attached hydrogen (secondary N) is 2. The highest BCUT2D eigenvalue weighted by Gasteiger charge is 2.17. The van der Waals surface area contributed by atoms with Crippen LogP contribution in [0.25, 0.3) is 0 Å². The third-order valence-corrected chi connectivity index (χ3v) is 3.52. The maximum Gasteiger partial charge on any atom is 0.322 e. The van der Waals surface area contributed by atoms with E-state index in [0.717, 1.165) is 26.2 Å². The minimum Gasteiger partial charge on any atom is -0.467 e. The third kappa shape index (κ3) is 4.19. The van der Waals surface area contributed by atoms with Gasteiger partial charge in [0.2, 0.25) is 11.9 Å². The van der Waals surface area contributed by atoms with Crippen molar-refractivity contribution in [2.24, 2.45) is 5.92 Å². The number of rotatable bonds is 6. The molecule has 1 aromatic rings. The molecular formula is C13H24N6O. The summed E-state index contributed by atoms with van der Waals surface area (Å²) < 4.78 is 5.10. The van der Waals surface area contributed by atoms with E-state index >= 15 is 0 Å². The minimum absolute atomic E-state index is 0.335. The lowest BCUT2D eigenvalue weighted by molar-refractivity contribution is 0.226. The Kier molecular flexibility index (Phi) is 5.34. The molecule has 0 atom stereocenters. The lowest BCUT2D eigenvalue weighted by atomic mass is 9.97. The van der Waals surface area contributed by atoms with Gasteiger partial charge in [-0.1, -0.05) is 0 Å². The summed E-state index contributed by atoms with van der Waals surface area (Å²) in [5, 5.41) is 6.38. The Morgan fingerprint density at radius 3 is 2.40 bits per heavy atom. The average molecular weight is 280 g/mol. The van der Waals surface area contributed by atoms with Gasteiger partial charge in [0.15, 0.2) is 0 Å². The predicted molar refractivity (Wildman–Crippen MR) is 79.3 cm³/mol. The van der Waals surface area contributed by atoms with Gasteiger partial charge in [-0.2, -0.15) is 15.0 Å². The van der Waals surface area contributed by atoms with Crippen molar-refractivity contribution in [2.75, 3.05) is 51.0 Å². The van der Waals surface area contributed by atoms with E-state index in [1.165, 1.54) is 12.8 Å². The van der Waals surface area contributed by atoms with Crippen LogP contribution in [0.4, 0.5) is 11.9 Å². The van der Waals surface area contributed by atoms with Crippen molar-refractivity contribution >= 4 is 11.9 Å². The number of methoxy groups -OCH3 is 1. The smallest absolute Gasteiger partial charge is 0.322 e. The Morgan fingerprint density at radius 2 is 1.80 bits per heavy atom. The van der Waals surface area contributed by atoms with Crippen LogP contribution < -0.4 is 15.4 Å². The van der Waals surface area contributed by atoms with Crippen molar-refractivity contribution in [2.45, 2.75) is 19.8 Å². The summed E-state index contributed by atoms with van der Waals surface area (Å²) in [6.45, 7) is 5.99. The zero-order valence-electron chi connectivity index (χ0n) is 12.5. The summed E-state index contributed by atoms with van der Waals surface area (Å²) in [4.78, 5) is 15.1. The lowest BCUT2D eigenvalue weighted by Crippen LogP contribution is -2.33. The Bertz CT molecular complexity index is 419. The van der Waals surface area contributed by atoms with Gasteiger partial charge >= 0.3 is 6.01 Å². The first-order valence-electron chi connectivity index (χ1n) is 7.17. The molecule has 0 spiro atoms. The van der Waals surface area contributed by atoms with Crippen molar-refractivity contribution < 1.29 is 4.74 Å². The molecule has 2 heterocycles. The van der Waals surface area contributed by atoms with Crippen LogP contribution in [0, 0.1) is 5.92 Å². The highest BCUT2D eigenvalue weighted by atomic mass is 16.5. The molecule has 1 aromatic heterocycles. The number of hydrogen-bond donors (Lipinski definition) is 2. The van der Waals surface area contributed by atoms with E-state index in [1.54, 1.807) is 7.11 Å². The number of nitrogens with zero attached hydrogens (tertiary/aromatic N) is 4. The fourth-order valence-electron chi connectivity index (χ4n) is 2.27. The predicted octanol–water partition coefficient (Wildman–Crippen LogP) is 1.07. The van der Waals surface area contributed by atoms with Crippen LogP contribution >= 0.6 is 0 Å². The Labute approximate surface area is 120 Å². The highest BCUT2D eigenvalue weighted by molar-refractivity contribution is 5.35. The summed E-state index contributed by atoms with van der Waals surface area (Å²) in [5.74, 6) is 1.80. The van der Waals surface area contributed by atoms with Crippen LogP contribution in [0.15, 0.2) is 0 Å². The Balaban J connectivity index is 1.92. The summed E-state index contributed by atoms with van der Waals surface area (Å²) >= 11 is 0. The fourth-order valence-corrected chi connectivity index (χ4v) is 2.27. The molecule has 0 saturated carbocycles. The summed E-state index contributed by atoms with van der Waals surface area (Å²) in [5.41, 5.74) is 0. The van der Waals surface area contributed by atoms with Gasteiger partial charge < -0.3 is 20.3 Å². The van der Waals surface area contributed by atoms with Gasteiger partial charge in [0, 0.05) is 13.1 Å². The molecule has 0 amide bonds. The summed E-state index contributed by atoms with van der Waals surface area (Å²) in [6.07, 6.45) is 2.43. The van der Waals surface area contributed by atoms with Crippen molar-refractivity contribution in [3.8, 4) is 6.01 Å². The lowest BCUT2D eigenvalue weighted by Gasteiger charge is -2.28. The Hall–Kier alpha value is -1.63. The molecule has 0 bridgehead atoms. The van der Waals surface area contributed by atoms with E-state index in [0.29, 0.717) is 23.8 Å². The molecule has 1 fully saturated rings. The quantitative estimate of drug-likeness (QED) is 0.807. The van der Waals surface area contributed by atoms with Gasteiger partial charge in [0.05, 0.1) is 7.11 Å². The number of piperidine rings is 1. The molecule has 7 heteroatoms. The van der Waals surface area contributed by atoms with Crippen LogP contribution in [0.3, 0.4) is 0 Å². The molecule has 0 aliphatic carbocycles. The van der Waals surface area contributed by atoms with E-state index in [1.807, 2.05) is 6.92 Å².